The van der Waals surface area contributed by atoms with E-state index in [1.165, 1.54) is 10.9 Å². The number of hydrogen-bond donors (Lipinski definition) is 5. The van der Waals surface area contributed by atoms with Gasteiger partial charge in [-0.25, -0.2) is 19.3 Å². The number of aliphatic hydroxyl groups is 4. The van der Waals surface area contributed by atoms with E-state index in [-0.39, 0.29) is 23.6 Å². The summed E-state index contributed by atoms with van der Waals surface area (Å²) in [6.07, 6.45) is -8.75. The molecule has 6 N–H and O–H groups in total. The van der Waals surface area contributed by atoms with Gasteiger partial charge in [-0.05, 0) is 6.42 Å². The number of imidazole rings is 1. The number of nitrogens with two attached hydrogens (primary N) is 1. The van der Waals surface area contributed by atoms with Crippen LogP contribution >= 0.6 is 15.6 Å². The third kappa shape index (κ3) is 6.80. The highest BCUT2D eigenvalue weighted by Gasteiger charge is 2.46. The number of rotatable bonds is 12. The quantitative estimate of drug-likeness (QED) is 0.151. The van der Waals surface area contributed by atoms with Crippen LogP contribution in [0.2, 0.25) is 0 Å². The molecule has 4 rings (SSSR count). The third-order valence-corrected chi connectivity index (χ3v) is 8.33. The largest absolute Gasteiger partial charge is 0.756 e. The standard InChI is InChI=1S/C18H29N5O14P2/c1-2-3-32-18-14(27)12(25)9(36-18)5-34-39(30,31)37-38(28,29)33-4-8-11(24)13(26)17(35-8)23-7-22-10-15(19)20-6-21-16(10)23/h6-9,11-14,17-18,24-27H,2-5H2,1H3,(H,28,29)(H,30,31)(H2,19,20,21)/p-2/t8-,9-,11-,12-,13-,14-,17-,18-/m1/s1. The molecule has 19 nitrogen and oxygen atoms in total. The molecular formula is C18H27N5O14P2-2. The van der Waals surface area contributed by atoms with Crippen molar-refractivity contribution in [1.29, 1.82) is 0 Å². The Bertz CT molecular complexity index is 1240. The van der Waals surface area contributed by atoms with Crippen molar-refractivity contribution in [2.45, 2.75) is 62.5 Å². The Morgan fingerprint density at radius 1 is 0.974 bits per heavy atom. The molecule has 0 bridgehead atoms. The lowest BCUT2D eigenvalue weighted by atomic mass is 10.1. The van der Waals surface area contributed by atoms with E-state index in [0.717, 1.165) is 6.33 Å². The van der Waals surface area contributed by atoms with Crippen molar-refractivity contribution in [1.82, 2.24) is 19.5 Å². The number of phosphoric ester groups is 2. The maximum Gasteiger partial charge on any atom is 0.274 e. The van der Waals surface area contributed by atoms with Crippen LogP contribution in [0.15, 0.2) is 12.7 Å². The van der Waals surface area contributed by atoms with Gasteiger partial charge in [-0.3, -0.25) is 13.7 Å². The Kier molecular flexibility index (Phi) is 9.36. The van der Waals surface area contributed by atoms with Crippen LogP contribution in [0.5, 0.6) is 0 Å². The van der Waals surface area contributed by atoms with E-state index in [0.29, 0.717) is 6.42 Å². The molecular weight excluding hydrogens is 572 g/mol. The van der Waals surface area contributed by atoms with Crippen LogP contribution in [0.1, 0.15) is 19.6 Å². The number of ether oxygens (including phenoxy) is 3. The van der Waals surface area contributed by atoms with Gasteiger partial charge in [-0.2, -0.15) is 0 Å². The molecule has 21 heteroatoms. The van der Waals surface area contributed by atoms with E-state index in [1.807, 2.05) is 0 Å². The van der Waals surface area contributed by atoms with E-state index < -0.39 is 78.0 Å². The molecule has 0 amide bonds. The second-order valence-electron chi connectivity index (χ2n) is 8.59. The van der Waals surface area contributed by atoms with Gasteiger partial charge in [0.25, 0.3) is 15.6 Å². The minimum Gasteiger partial charge on any atom is -0.756 e. The first kappa shape index (κ1) is 30.3. The van der Waals surface area contributed by atoms with Gasteiger partial charge in [0.05, 0.1) is 19.5 Å². The van der Waals surface area contributed by atoms with Crippen LogP contribution in [-0.4, -0.2) is 103 Å². The van der Waals surface area contributed by atoms with Crippen molar-refractivity contribution in [3.63, 3.8) is 0 Å². The third-order valence-electron chi connectivity index (χ3n) is 5.80. The summed E-state index contributed by atoms with van der Waals surface area (Å²) < 4.78 is 54.3. The van der Waals surface area contributed by atoms with Gasteiger partial charge in [0.1, 0.15) is 48.5 Å². The molecule has 0 aliphatic carbocycles. The summed E-state index contributed by atoms with van der Waals surface area (Å²) >= 11 is 0. The van der Waals surface area contributed by atoms with Gasteiger partial charge < -0.3 is 59.2 Å². The summed E-state index contributed by atoms with van der Waals surface area (Å²) in [5.41, 5.74) is 6.08. The number of anilines is 1. The number of phosphoric acid groups is 2. The zero-order chi connectivity index (χ0) is 28.5. The highest BCUT2D eigenvalue weighted by atomic mass is 31.3. The van der Waals surface area contributed by atoms with E-state index in [4.69, 9.17) is 19.9 Å². The van der Waals surface area contributed by atoms with Crippen LogP contribution in [-0.2, 0) is 36.7 Å². The topological polar surface area (TPSA) is 286 Å². The van der Waals surface area contributed by atoms with E-state index >= 15 is 0 Å². The van der Waals surface area contributed by atoms with Crippen molar-refractivity contribution in [2.75, 3.05) is 25.6 Å². The van der Waals surface area contributed by atoms with E-state index in [1.54, 1.807) is 6.92 Å². The number of fused-ring (bicyclic) bond motifs is 1. The molecule has 10 atom stereocenters. The minimum atomic E-state index is -5.61. The smallest absolute Gasteiger partial charge is 0.274 e. The summed E-state index contributed by atoms with van der Waals surface area (Å²) in [7, 11) is -11.2. The molecule has 2 aromatic heterocycles. The molecule has 2 fully saturated rings. The second-order valence-corrected chi connectivity index (χ2v) is 11.6. The number of aliphatic hydroxyl groups excluding tert-OH is 4. The fourth-order valence-corrected chi connectivity index (χ4v) is 5.89. The van der Waals surface area contributed by atoms with Crippen molar-refractivity contribution in [3.8, 4) is 0 Å². The Labute approximate surface area is 220 Å². The second kappa shape index (κ2) is 12.1. The highest BCUT2D eigenvalue weighted by Crippen LogP contribution is 2.56. The molecule has 39 heavy (non-hydrogen) atoms. The van der Waals surface area contributed by atoms with Crippen LogP contribution in [0, 0.1) is 0 Å². The van der Waals surface area contributed by atoms with Crippen molar-refractivity contribution >= 4 is 32.6 Å². The summed E-state index contributed by atoms with van der Waals surface area (Å²) in [4.78, 5) is 36.0. The molecule has 0 spiro atoms. The summed E-state index contributed by atoms with van der Waals surface area (Å²) in [6, 6.07) is 0. The molecule has 0 aromatic carbocycles. The van der Waals surface area contributed by atoms with Gasteiger partial charge in [-0.15, -0.1) is 0 Å². The summed E-state index contributed by atoms with van der Waals surface area (Å²) in [5, 5.41) is 40.6. The highest BCUT2D eigenvalue weighted by molar-refractivity contribution is 7.59. The van der Waals surface area contributed by atoms with Crippen LogP contribution in [0.4, 0.5) is 5.82 Å². The molecule has 220 valence electrons. The lowest BCUT2D eigenvalue weighted by Gasteiger charge is -2.32. The average Bonchev–Trinajstić information content (AvgIpc) is 3.50. The number of hydrogen-bond acceptors (Lipinski definition) is 18. The predicted octanol–water partition coefficient (Wildman–Crippen LogP) is -3.11. The average molecular weight is 599 g/mol. The molecule has 2 aromatic rings. The zero-order valence-corrected chi connectivity index (χ0v) is 22.0. The van der Waals surface area contributed by atoms with Crippen LogP contribution in [0.3, 0.4) is 0 Å². The van der Waals surface area contributed by atoms with Gasteiger partial charge in [0.2, 0.25) is 0 Å². The van der Waals surface area contributed by atoms with E-state index in [2.05, 4.69) is 28.3 Å². The minimum absolute atomic E-state index is 0.0511. The first-order valence-corrected chi connectivity index (χ1v) is 14.5. The fraction of sp³-hybridized carbons (Fsp3) is 0.722. The van der Waals surface area contributed by atoms with Crippen molar-refractivity contribution in [3.05, 3.63) is 12.7 Å². The molecule has 2 aliphatic rings. The Balaban J connectivity index is 1.31. The number of nitrogens with zero attached hydrogens (tertiary/aromatic N) is 4. The zero-order valence-electron chi connectivity index (χ0n) is 20.2. The fourth-order valence-electron chi connectivity index (χ4n) is 3.88. The first-order chi connectivity index (χ1) is 18.3. The maximum atomic E-state index is 12.1. The Hall–Kier alpha value is -1.67. The van der Waals surface area contributed by atoms with Crippen molar-refractivity contribution in [2.24, 2.45) is 0 Å². The normalized spacial score (nSPS) is 34.3. The Morgan fingerprint density at radius 2 is 1.59 bits per heavy atom. The molecule has 0 radical (unpaired) electrons. The lowest BCUT2D eigenvalue weighted by Crippen LogP contribution is -2.35. The SMILES string of the molecule is CCCO[C@@H]1O[C@H](COP(=O)([O-])OP(=O)([O-])OC[C@H]2O[C@@H](n3cnc4c(N)ncnc43)[C@H](O)[C@@H]2O)[C@@H](O)[C@H]1O. The van der Waals surface area contributed by atoms with Gasteiger partial charge in [-0.1, -0.05) is 6.92 Å². The maximum absolute atomic E-state index is 12.1. The van der Waals surface area contributed by atoms with Gasteiger partial charge >= 0.3 is 0 Å². The number of nitrogen functional groups attached to an aromatic ring is 1. The monoisotopic (exact) mass is 599 g/mol. The molecule has 2 saturated heterocycles. The van der Waals surface area contributed by atoms with Crippen molar-refractivity contribution < 1.29 is 66.9 Å². The van der Waals surface area contributed by atoms with E-state index in [9.17, 15) is 39.3 Å². The van der Waals surface area contributed by atoms with Gasteiger partial charge in [0, 0.05) is 6.61 Å². The van der Waals surface area contributed by atoms with Gasteiger partial charge in [0.15, 0.2) is 24.0 Å². The van der Waals surface area contributed by atoms with Crippen LogP contribution in [0.25, 0.3) is 11.2 Å². The number of aromatic nitrogens is 4. The first-order valence-electron chi connectivity index (χ1n) is 11.5. The molecule has 2 aliphatic heterocycles. The molecule has 2 unspecified atom stereocenters. The molecule has 4 heterocycles. The summed E-state index contributed by atoms with van der Waals surface area (Å²) in [6.45, 7) is 0.129. The Morgan fingerprint density at radius 3 is 2.23 bits per heavy atom. The summed E-state index contributed by atoms with van der Waals surface area (Å²) in [5.74, 6) is 0.0511. The predicted molar refractivity (Wildman–Crippen MR) is 121 cm³/mol. The molecule has 0 saturated carbocycles. The van der Waals surface area contributed by atoms with Crippen LogP contribution < -0.4 is 15.5 Å². The lowest BCUT2D eigenvalue weighted by molar-refractivity contribution is -0.247.